The van der Waals surface area contributed by atoms with E-state index in [1.165, 1.54) is 0 Å². The van der Waals surface area contributed by atoms with Gasteiger partial charge in [-0.1, -0.05) is 0 Å². The molecular weight excluding hydrogens is 270 g/mol. The number of likely N-dealkylation sites (N-methyl/N-ethyl adjacent to an activating group) is 1. The molecule has 1 unspecified atom stereocenters. The highest BCUT2D eigenvalue weighted by atomic mass is 16.5. The Kier molecular flexibility index (Phi) is 6.84. The fraction of sp³-hybridized carbons (Fsp3) is 0.667. The molecule has 114 valence electrons. The summed E-state index contributed by atoms with van der Waals surface area (Å²) in [5, 5.41) is 19.0. The normalized spacial score (nSPS) is 12.6. The largest absolute Gasteiger partial charge is 0.550 e. The SMILES string of the molecule is C[N+](C)(C)CC(CC(=O)[O-])OC(=O)C(=O)CCC(=O)O. The highest BCUT2D eigenvalue weighted by Gasteiger charge is 2.25. The number of Topliss-reactive ketones (excluding diaryl/α,β-unsaturated/α-hetero) is 1. The second kappa shape index (κ2) is 7.59. The summed E-state index contributed by atoms with van der Waals surface area (Å²) in [5.74, 6) is -4.80. The van der Waals surface area contributed by atoms with Crippen LogP contribution in [0.4, 0.5) is 0 Å². The van der Waals surface area contributed by atoms with Crippen LogP contribution < -0.4 is 5.11 Å². The number of ketones is 1. The topological polar surface area (TPSA) is 121 Å². The maximum absolute atomic E-state index is 11.4. The van der Waals surface area contributed by atoms with Crippen LogP contribution in [0.25, 0.3) is 0 Å². The zero-order chi connectivity index (χ0) is 15.9. The molecule has 0 saturated heterocycles. The minimum absolute atomic E-state index is 0.186. The fourth-order valence-corrected chi connectivity index (χ4v) is 1.48. The molecule has 0 rings (SSSR count). The number of aliphatic carboxylic acids is 2. The molecule has 0 aliphatic carbocycles. The molecule has 8 heteroatoms. The minimum atomic E-state index is -1.39. The number of esters is 1. The number of carbonyl (C=O) groups is 4. The van der Waals surface area contributed by atoms with Crippen molar-refractivity contribution in [1.29, 1.82) is 0 Å². The van der Waals surface area contributed by atoms with Gasteiger partial charge in [-0.15, -0.1) is 0 Å². The summed E-state index contributed by atoms with van der Waals surface area (Å²) in [7, 11) is 5.30. The molecule has 0 aliphatic rings. The lowest BCUT2D eigenvalue weighted by atomic mass is 10.2. The van der Waals surface area contributed by atoms with E-state index in [-0.39, 0.29) is 6.54 Å². The lowest BCUT2D eigenvalue weighted by molar-refractivity contribution is -0.873. The first-order valence-corrected chi connectivity index (χ1v) is 5.97. The molecule has 0 aromatic rings. The molecule has 0 bridgehead atoms. The van der Waals surface area contributed by atoms with Crippen molar-refractivity contribution in [1.82, 2.24) is 0 Å². The van der Waals surface area contributed by atoms with Crippen molar-refractivity contribution in [3.05, 3.63) is 0 Å². The van der Waals surface area contributed by atoms with Gasteiger partial charge in [-0.2, -0.15) is 0 Å². The Morgan fingerprint density at radius 1 is 1.15 bits per heavy atom. The van der Waals surface area contributed by atoms with Gasteiger partial charge < -0.3 is 24.2 Å². The van der Waals surface area contributed by atoms with Crippen molar-refractivity contribution in [3.8, 4) is 0 Å². The summed E-state index contributed by atoms with van der Waals surface area (Å²) < 4.78 is 5.14. The minimum Gasteiger partial charge on any atom is -0.550 e. The fourth-order valence-electron chi connectivity index (χ4n) is 1.48. The van der Waals surface area contributed by atoms with Crippen LogP contribution in [0.2, 0.25) is 0 Å². The van der Waals surface area contributed by atoms with Gasteiger partial charge in [-0.25, -0.2) is 4.79 Å². The number of hydrogen-bond donors (Lipinski definition) is 1. The first-order chi connectivity index (χ1) is 9.01. The van der Waals surface area contributed by atoms with Crippen molar-refractivity contribution in [2.45, 2.75) is 25.4 Å². The van der Waals surface area contributed by atoms with Crippen LogP contribution in [0, 0.1) is 0 Å². The average Bonchev–Trinajstić information content (AvgIpc) is 2.21. The lowest BCUT2D eigenvalue weighted by Crippen LogP contribution is -2.45. The van der Waals surface area contributed by atoms with Crippen LogP contribution >= 0.6 is 0 Å². The smallest absolute Gasteiger partial charge is 0.375 e. The van der Waals surface area contributed by atoms with Crippen molar-refractivity contribution < 1.29 is 38.6 Å². The molecule has 0 heterocycles. The van der Waals surface area contributed by atoms with E-state index in [0.29, 0.717) is 4.48 Å². The monoisotopic (exact) mass is 289 g/mol. The third kappa shape index (κ3) is 9.03. The first kappa shape index (κ1) is 18.0. The van der Waals surface area contributed by atoms with E-state index in [4.69, 9.17) is 9.84 Å². The molecule has 0 fully saturated rings. The van der Waals surface area contributed by atoms with Crippen LogP contribution in [0.15, 0.2) is 0 Å². The molecule has 1 N–H and O–H groups in total. The molecule has 0 spiro atoms. The zero-order valence-corrected chi connectivity index (χ0v) is 11.7. The first-order valence-electron chi connectivity index (χ1n) is 5.97. The Balaban J connectivity index is 4.55. The molecule has 0 aliphatic heterocycles. The Morgan fingerprint density at radius 2 is 1.70 bits per heavy atom. The molecule has 1 atom stereocenters. The molecule has 8 nitrogen and oxygen atoms in total. The quantitative estimate of drug-likeness (QED) is 0.301. The molecule has 0 aromatic carbocycles. The van der Waals surface area contributed by atoms with Crippen LogP contribution in [0.5, 0.6) is 0 Å². The number of ether oxygens (including phenoxy) is 1. The summed E-state index contributed by atoms with van der Waals surface area (Å²) in [6.45, 7) is 0.186. The Labute approximate surface area is 116 Å². The van der Waals surface area contributed by atoms with Gasteiger partial charge in [0.05, 0.1) is 27.6 Å². The third-order valence-corrected chi connectivity index (χ3v) is 2.21. The molecule has 0 amide bonds. The second-order valence-corrected chi connectivity index (χ2v) is 5.39. The van der Waals surface area contributed by atoms with Crippen LogP contribution in [-0.4, -0.2) is 67.1 Å². The summed E-state index contributed by atoms with van der Waals surface area (Å²) in [6.07, 6.45) is -2.47. The summed E-state index contributed by atoms with van der Waals surface area (Å²) in [5.41, 5.74) is 0. The van der Waals surface area contributed by atoms with Gasteiger partial charge in [-0.3, -0.25) is 9.59 Å². The van der Waals surface area contributed by atoms with E-state index in [1.54, 1.807) is 21.1 Å². The van der Waals surface area contributed by atoms with Crippen LogP contribution in [0.3, 0.4) is 0 Å². The summed E-state index contributed by atoms with van der Waals surface area (Å²) >= 11 is 0. The number of quaternary nitrogens is 1. The van der Waals surface area contributed by atoms with E-state index in [1.807, 2.05) is 0 Å². The van der Waals surface area contributed by atoms with Gasteiger partial charge in [0.15, 0.2) is 6.10 Å². The van der Waals surface area contributed by atoms with Crippen LogP contribution in [-0.2, 0) is 23.9 Å². The third-order valence-electron chi connectivity index (χ3n) is 2.21. The van der Waals surface area contributed by atoms with Crippen LogP contribution in [0.1, 0.15) is 19.3 Å². The van der Waals surface area contributed by atoms with Gasteiger partial charge in [0.1, 0.15) is 6.54 Å². The molecule has 0 radical (unpaired) electrons. The van der Waals surface area contributed by atoms with E-state index in [9.17, 15) is 24.3 Å². The molecule has 20 heavy (non-hydrogen) atoms. The number of carboxylic acid groups (broad SMARTS) is 2. The molecule has 0 saturated carbocycles. The number of hydrogen-bond acceptors (Lipinski definition) is 6. The highest BCUT2D eigenvalue weighted by molar-refractivity contribution is 6.33. The molecular formula is C12H19NO7. The van der Waals surface area contributed by atoms with E-state index in [0.717, 1.165) is 0 Å². The van der Waals surface area contributed by atoms with Crippen molar-refractivity contribution >= 4 is 23.7 Å². The standard InChI is InChI=1S/C12H19NO7/c1-13(2,3)7-8(6-11(17)18)20-12(19)9(14)4-5-10(15)16/h8H,4-7H2,1-3H3,(H-,15,16,17,18). The zero-order valence-electron chi connectivity index (χ0n) is 11.7. The van der Waals surface area contributed by atoms with Gasteiger partial charge in [0.25, 0.3) is 0 Å². The van der Waals surface area contributed by atoms with Gasteiger partial charge in [0.2, 0.25) is 5.78 Å². The second-order valence-electron chi connectivity index (χ2n) is 5.39. The van der Waals surface area contributed by atoms with Crippen molar-refractivity contribution in [3.63, 3.8) is 0 Å². The van der Waals surface area contributed by atoms with E-state index in [2.05, 4.69) is 0 Å². The van der Waals surface area contributed by atoms with Gasteiger partial charge >= 0.3 is 11.9 Å². The van der Waals surface area contributed by atoms with Crippen molar-refractivity contribution in [2.24, 2.45) is 0 Å². The lowest BCUT2D eigenvalue weighted by Gasteiger charge is -2.29. The van der Waals surface area contributed by atoms with Gasteiger partial charge in [0, 0.05) is 18.8 Å². The predicted molar refractivity (Wildman–Crippen MR) is 64.3 cm³/mol. The number of carboxylic acids is 2. The summed E-state index contributed by atoms with van der Waals surface area (Å²) in [4.78, 5) is 43.7. The number of rotatable bonds is 9. The van der Waals surface area contributed by atoms with Crippen molar-refractivity contribution in [2.75, 3.05) is 27.7 Å². The highest BCUT2D eigenvalue weighted by Crippen LogP contribution is 2.06. The Bertz CT molecular complexity index is 397. The maximum Gasteiger partial charge on any atom is 0.375 e. The molecule has 0 aromatic heterocycles. The van der Waals surface area contributed by atoms with E-state index >= 15 is 0 Å². The van der Waals surface area contributed by atoms with Gasteiger partial charge in [-0.05, 0) is 0 Å². The Morgan fingerprint density at radius 3 is 2.10 bits per heavy atom. The maximum atomic E-state index is 11.4. The Hall–Kier alpha value is -1.96. The van der Waals surface area contributed by atoms with E-state index < -0.39 is 49.1 Å². The summed E-state index contributed by atoms with van der Waals surface area (Å²) in [6, 6.07) is 0. The number of nitrogens with zero attached hydrogens (tertiary/aromatic N) is 1. The predicted octanol–water partition coefficient (Wildman–Crippen LogP) is -1.82. The number of carbonyl (C=O) groups excluding carboxylic acids is 3. The average molecular weight is 289 g/mol.